The quantitative estimate of drug-likeness (QED) is 0.204. The molecule has 2 atom stereocenters. The van der Waals surface area contributed by atoms with Crippen LogP contribution in [0.5, 0.6) is 0 Å². The molecule has 0 aromatic rings. The monoisotopic (exact) mass is 491 g/mol. The van der Waals surface area contributed by atoms with E-state index in [0.717, 1.165) is 44.5 Å². The molecule has 0 spiro atoms. The summed E-state index contributed by atoms with van der Waals surface area (Å²) in [6, 6.07) is 0. The molecule has 188 valence electrons. The van der Waals surface area contributed by atoms with Crippen LogP contribution in [0.15, 0.2) is 34.0 Å². The van der Waals surface area contributed by atoms with Crippen molar-refractivity contribution in [2.75, 3.05) is 20.2 Å². The first kappa shape index (κ1) is 33.2. The van der Waals surface area contributed by atoms with Crippen LogP contribution >= 0.6 is 23.2 Å². The third kappa shape index (κ3) is 16.6. The summed E-state index contributed by atoms with van der Waals surface area (Å²) in [5.41, 5.74) is 0.574. The second kappa shape index (κ2) is 18.5. The van der Waals surface area contributed by atoms with Crippen molar-refractivity contribution in [3.63, 3.8) is 0 Å². The Morgan fingerprint density at radius 1 is 1.16 bits per heavy atom. The summed E-state index contributed by atoms with van der Waals surface area (Å²) >= 11 is 13.1. The molecule has 0 N–H and O–H groups in total. The van der Waals surface area contributed by atoms with Gasteiger partial charge in [0.25, 0.3) is 0 Å². The molecule has 4 nitrogen and oxygen atoms in total. The Morgan fingerprint density at radius 3 is 2.09 bits per heavy atom. The van der Waals surface area contributed by atoms with Gasteiger partial charge in [0.15, 0.2) is 0 Å². The van der Waals surface area contributed by atoms with Crippen molar-refractivity contribution in [2.24, 2.45) is 5.92 Å². The fourth-order valence-electron chi connectivity index (χ4n) is 2.96. The van der Waals surface area contributed by atoms with E-state index in [-0.39, 0.29) is 17.7 Å². The fraction of sp³-hybridized carbons (Fsp3) is 0.731. The third-order valence-electron chi connectivity index (χ3n) is 4.58. The lowest BCUT2D eigenvalue weighted by Crippen LogP contribution is -2.35. The first-order valence-corrected chi connectivity index (χ1v) is 12.5. The van der Waals surface area contributed by atoms with E-state index in [1.165, 1.54) is 6.92 Å². The molecule has 2 unspecified atom stereocenters. The Hall–Kier alpha value is -0.970. The van der Waals surface area contributed by atoms with Crippen LogP contribution in [-0.2, 0) is 14.3 Å². The topological polar surface area (TPSA) is 38.8 Å². The van der Waals surface area contributed by atoms with Crippen LogP contribution in [0, 0.1) is 5.92 Å². The smallest absolute Gasteiger partial charge is 0.303 e. The van der Waals surface area contributed by atoms with E-state index in [9.17, 15) is 4.79 Å². The van der Waals surface area contributed by atoms with E-state index in [1.807, 2.05) is 39.8 Å². The van der Waals surface area contributed by atoms with Crippen LogP contribution in [0.4, 0.5) is 0 Å². The van der Waals surface area contributed by atoms with Crippen LogP contribution in [0.3, 0.4) is 0 Å². The average Bonchev–Trinajstić information content (AvgIpc) is 2.70. The number of carbonyl (C=O) groups is 1. The molecule has 0 aliphatic rings. The first-order chi connectivity index (χ1) is 14.9. The van der Waals surface area contributed by atoms with Crippen molar-refractivity contribution < 1.29 is 14.3 Å². The zero-order valence-electron chi connectivity index (χ0n) is 22.1. The number of hydrogen-bond acceptors (Lipinski definition) is 4. The molecule has 6 heteroatoms. The molecule has 0 aromatic heterocycles. The number of nitrogens with zero attached hydrogens (tertiary/aromatic N) is 1. The van der Waals surface area contributed by atoms with E-state index in [0.29, 0.717) is 16.0 Å². The SMILES string of the molecule is CC(=O)OC(C)(C)C.C\C=C(Cl)/C(=C(Cl)\C=C\CC)N(CCC)CC(CC(C)CC)OC. The Kier molecular flexibility index (Phi) is 19.2. The Morgan fingerprint density at radius 2 is 1.75 bits per heavy atom. The van der Waals surface area contributed by atoms with Crippen molar-refractivity contribution in [3.8, 4) is 0 Å². The van der Waals surface area contributed by atoms with E-state index in [2.05, 4.69) is 38.7 Å². The summed E-state index contributed by atoms with van der Waals surface area (Å²) in [5, 5.41) is 1.37. The van der Waals surface area contributed by atoms with Crippen LogP contribution in [0.25, 0.3) is 0 Å². The summed E-state index contributed by atoms with van der Waals surface area (Å²) in [6.07, 6.45) is 10.2. The molecule has 0 aliphatic carbocycles. The number of carbonyl (C=O) groups excluding carboxylic acids is 1. The van der Waals surface area contributed by atoms with Crippen molar-refractivity contribution in [2.45, 2.75) is 99.7 Å². The molecule has 0 saturated carbocycles. The molecule has 0 radical (unpaired) electrons. The minimum Gasteiger partial charge on any atom is -0.460 e. The van der Waals surface area contributed by atoms with E-state index in [4.69, 9.17) is 32.7 Å². The van der Waals surface area contributed by atoms with E-state index < -0.39 is 0 Å². The van der Waals surface area contributed by atoms with Gasteiger partial charge in [-0.3, -0.25) is 4.79 Å². The predicted octanol–water partition coefficient (Wildman–Crippen LogP) is 8.06. The summed E-state index contributed by atoms with van der Waals surface area (Å²) in [7, 11) is 1.79. The molecule has 0 heterocycles. The lowest BCUT2D eigenvalue weighted by Gasteiger charge is -2.32. The lowest BCUT2D eigenvalue weighted by molar-refractivity contribution is -0.151. The normalized spacial score (nSPS) is 14.9. The molecule has 0 aliphatic heterocycles. The molecule has 32 heavy (non-hydrogen) atoms. The number of methoxy groups -OCH3 is 1. The largest absolute Gasteiger partial charge is 0.460 e. The molecule has 0 saturated heterocycles. The number of hydrogen-bond donors (Lipinski definition) is 0. The average molecular weight is 493 g/mol. The molecule has 0 fully saturated rings. The molecule has 0 bridgehead atoms. The first-order valence-electron chi connectivity index (χ1n) is 11.7. The van der Waals surface area contributed by atoms with Crippen molar-refractivity contribution in [1.82, 2.24) is 4.90 Å². The number of esters is 1. The van der Waals surface area contributed by atoms with Gasteiger partial charge in [0, 0.05) is 27.1 Å². The van der Waals surface area contributed by atoms with E-state index in [1.54, 1.807) is 7.11 Å². The summed E-state index contributed by atoms with van der Waals surface area (Å²) in [4.78, 5) is 12.5. The second-order valence-corrected chi connectivity index (χ2v) is 9.72. The highest BCUT2D eigenvalue weighted by molar-refractivity contribution is 6.36. The third-order valence-corrected chi connectivity index (χ3v) is 5.29. The van der Waals surface area contributed by atoms with Crippen LogP contribution in [-0.4, -0.2) is 42.8 Å². The standard InChI is InChI=1S/C20H35Cl2NO.C6H12O2/c1-7-11-12-19(22)20(18(21)10-4)23(13-8-2)15-17(24-6)14-16(5)9-3;1-5(7)8-6(2,3)4/h10-12,16-17H,7-9,13-15H2,1-6H3;1-4H3/b12-11+,18-10+,20-19-;. The van der Waals surface area contributed by atoms with Gasteiger partial charge < -0.3 is 14.4 Å². The molecule has 0 rings (SSSR count). The van der Waals surface area contributed by atoms with Gasteiger partial charge in [-0.15, -0.1) is 0 Å². The maximum absolute atomic E-state index is 10.2. The maximum Gasteiger partial charge on any atom is 0.303 e. The summed E-state index contributed by atoms with van der Waals surface area (Å²) < 4.78 is 10.5. The highest BCUT2D eigenvalue weighted by Crippen LogP contribution is 2.28. The second-order valence-electron chi connectivity index (χ2n) is 8.90. The zero-order valence-corrected chi connectivity index (χ0v) is 23.6. The number of halogens is 2. The van der Waals surface area contributed by atoms with Crippen molar-refractivity contribution in [3.05, 3.63) is 34.0 Å². The van der Waals surface area contributed by atoms with Gasteiger partial charge in [-0.25, -0.2) is 0 Å². The highest BCUT2D eigenvalue weighted by atomic mass is 35.5. The van der Waals surface area contributed by atoms with Crippen LogP contribution in [0.1, 0.15) is 88.0 Å². The minimum atomic E-state index is -0.328. The van der Waals surface area contributed by atoms with Gasteiger partial charge in [0.1, 0.15) is 5.60 Å². The highest BCUT2D eigenvalue weighted by Gasteiger charge is 2.21. The van der Waals surface area contributed by atoms with Gasteiger partial charge in [-0.1, -0.05) is 69.5 Å². The van der Waals surface area contributed by atoms with Crippen molar-refractivity contribution >= 4 is 29.2 Å². The molecule has 0 amide bonds. The summed E-state index contributed by atoms with van der Waals surface area (Å²) in [6.45, 7) is 19.3. The number of rotatable bonds is 12. The Balaban J connectivity index is 0. The van der Waals surface area contributed by atoms with Crippen LogP contribution in [0.2, 0.25) is 0 Å². The Bertz CT molecular complexity index is 607. The predicted molar refractivity (Wildman–Crippen MR) is 140 cm³/mol. The van der Waals surface area contributed by atoms with Gasteiger partial charge in [-0.05, 0) is 59.0 Å². The van der Waals surface area contributed by atoms with E-state index >= 15 is 0 Å². The van der Waals surface area contributed by atoms with Crippen molar-refractivity contribution in [1.29, 1.82) is 0 Å². The van der Waals surface area contributed by atoms with Crippen LogP contribution < -0.4 is 0 Å². The zero-order chi connectivity index (χ0) is 25.3. The molecular formula is C26H47Cl2NO3. The molecular weight excluding hydrogens is 445 g/mol. The lowest BCUT2D eigenvalue weighted by atomic mass is 10.0. The minimum absolute atomic E-state index is 0.169. The van der Waals surface area contributed by atoms with Gasteiger partial charge >= 0.3 is 5.97 Å². The van der Waals surface area contributed by atoms with Gasteiger partial charge in [0.05, 0.1) is 21.9 Å². The van der Waals surface area contributed by atoms with Gasteiger partial charge in [0.2, 0.25) is 0 Å². The Labute approximate surface area is 208 Å². The maximum atomic E-state index is 10.2. The fourth-order valence-corrected chi connectivity index (χ4v) is 3.54. The number of allylic oxidation sites excluding steroid dienone is 5. The number of ether oxygens (including phenoxy) is 2. The molecule has 0 aromatic carbocycles. The van der Waals surface area contributed by atoms with Gasteiger partial charge in [-0.2, -0.15) is 0 Å². The summed E-state index contributed by atoms with van der Waals surface area (Å²) in [5.74, 6) is 0.413.